The van der Waals surface area contributed by atoms with Crippen LogP contribution in [0.2, 0.25) is 0 Å². The molecule has 0 saturated carbocycles. The minimum atomic E-state index is -0.908. The molecule has 20 heavy (non-hydrogen) atoms. The van der Waals surface area contributed by atoms with Crippen LogP contribution in [0, 0.1) is 0 Å². The number of carbonyl (C=O) groups excluding carboxylic acids is 1. The van der Waals surface area contributed by atoms with Gasteiger partial charge in [-0.25, -0.2) is 4.79 Å². The number of rotatable bonds is 6. The molecule has 0 unspecified atom stereocenters. The fourth-order valence-electron chi connectivity index (χ4n) is 1.80. The zero-order valence-corrected chi connectivity index (χ0v) is 13.3. The molecule has 5 nitrogen and oxygen atoms in total. The first-order chi connectivity index (χ1) is 9.38. The molecule has 0 aromatic heterocycles. The average Bonchev–Trinajstić information content (AvgIpc) is 2.35. The lowest BCUT2D eigenvalue weighted by molar-refractivity contribution is 0.238. The van der Waals surface area contributed by atoms with E-state index in [1.807, 2.05) is 50.2 Å². The summed E-state index contributed by atoms with van der Waals surface area (Å²) in [6, 6.07) is 7.64. The molecule has 1 aromatic carbocycles. The number of anilines is 1. The molecule has 0 aliphatic heterocycles. The Morgan fingerprint density at radius 2 is 2.10 bits per heavy atom. The second-order valence-corrected chi connectivity index (χ2v) is 6.51. The van der Waals surface area contributed by atoms with Gasteiger partial charge in [-0.2, -0.15) is 0 Å². The van der Waals surface area contributed by atoms with E-state index in [9.17, 15) is 9.00 Å². The first-order valence-electron chi connectivity index (χ1n) is 6.49. The van der Waals surface area contributed by atoms with Crippen LogP contribution in [-0.2, 0) is 17.3 Å². The summed E-state index contributed by atoms with van der Waals surface area (Å²) in [5.74, 6) is 0.462. The molecule has 6 heteroatoms. The highest BCUT2D eigenvalue weighted by atomic mass is 32.2. The van der Waals surface area contributed by atoms with E-state index in [-0.39, 0.29) is 12.1 Å². The summed E-state index contributed by atoms with van der Waals surface area (Å²) in [6.45, 7) is 2.31. The van der Waals surface area contributed by atoms with Crippen molar-refractivity contribution in [1.82, 2.24) is 10.6 Å². The summed E-state index contributed by atoms with van der Waals surface area (Å²) >= 11 is 0. The van der Waals surface area contributed by atoms with Gasteiger partial charge in [-0.15, -0.1) is 0 Å². The van der Waals surface area contributed by atoms with Crippen molar-refractivity contribution in [2.24, 2.45) is 0 Å². The summed E-state index contributed by atoms with van der Waals surface area (Å²) in [5, 5.41) is 5.57. The molecule has 0 fully saturated rings. The minimum absolute atomic E-state index is 0.103. The first-order valence-corrected chi connectivity index (χ1v) is 8.22. The van der Waals surface area contributed by atoms with Crippen LogP contribution in [0.5, 0.6) is 0 Å². The van der Waals surface area contributed by atoms with Gasteiger partial charge in [-0.1, -0.05) is 12.1 Å². The Morgan fingerprint density at radius 3 is 2.70 bits per heavy atom. The smallest absolute Gasteiger partial charge is 0.315 e. The normalized spacial score (nSPS) is 13.4. The maximum absolute atomic E-state index is 11.7. The van der Waals surface area contributed by atoms with Crippen LogP contribution in [0.1, 0.15) is 12.5 Å². The van der Waals surface area contributed by atoms with Crippen molar-refractivity contribution >= 4 is 22.5 Å². The van der Waals surface area contributed by atoms with Gasteiger partial charge in [0.15, 0.2) is 0 Å². The molecule has 112 valence electrons. The third kappa shape index (κ3) is 6.06. The van der Waals surface area contributed by atoms with E-state index in [0.717, 1.165) is 11.3 Å². The molecule has 1 aromatic rings. The minimum Gasteiger partial charge on any atom is -0.378 e. The fraction of sp³-hybridized carbons (Fsp3) is 0.500. The lowest BCUT2D eigenvalue weighted by atomic mass is 10.2. The van der Waals surface area contributed by atoms with E-state index < -0.39 is 10.8 Å². The van der Waals surface area contributed by atoms with E-state index in [2.05, 4.69) is 10.6 Å². The van der Waals surface area contributed by atoms with Crippen molar-refractivity contribution in [3.05, 3.63) is 29.8 Å². The first kappa shape index (κ1) is 16.5. The van der Waals surface area contributed by atoms with Crippen LogP contribution in [0.15, 0.2) is 24.3 Å². The number of nitrogens with zero attached hydrogens (tertiary/aromatic N) is 1. The van der Waals surface area contributed by atoms with E-state index in [0.29, 0.717) is 12.3 Å². The second kappa shape index (κ2) is 7.89. The molecule has 2 atom stereocenters. The van der Waals surface area contributed by atoms with Crippen molar-refractivity contribution in [2.75, 3.05) is 31.0 Å². The van der Waals surface area contributed by atoms with Gasteiger partial charge >= 0.3 is 6.03 Å². The highest BCUT2D eigenvalue weighted by Gasteiger charge is 2.08. The Kier molecular flexibility index (Phi) is 6.51. The van der Waals surface area contributed by atoms with Crippen LogP contribution in [0.4, 0.5) is 10.5 Å². The van der Waals surface area contributed by atoms with Gasteiger partial charge in [0.25, 0.3) is 0 Å². The summed E-state index contributed by atoms with van der Waals surface area (Å²) in [6.07, 6.45) is 1.63. The summed E-state index contributed by atoms with van der Waals surface area (Å²) < 4.78 is 11.1. The standard InChI is InChI=1S/C14H23N3O2S/c1-11(10-20(4)19)16-14(18)15-9-12-6-5-7-13(8-12)17(2)3/h5-8,11H,9-10H2,1-4H3,(H2,15,16,18)/t11-,20-/m1/s1. The SMILES string of the molecule is C[C@H](C[S@@](C)=O)NC(=O)NCc1cccc(N(C)C)c1. The Bertz CT molecular complexity index is 477. The van der Waals surface area contributed by atoms with Crippen molar-refractivity contribution in [2.45, 2.75) is 19.5 Å². The topological polar surface area (TPSA) is 61.4 Å². The second-order valence-electron chi connectivity index (χ2n) is 5.03. The number of amides is 2. The summed E-state index contributed by atoms with van der Waals surface area (Å²) in [5.41, 5.74) is 2.14. The quantitative estimate of drug-likeness (QED) is 0.832. The van der Waals surface area contributed by atoms with Gasteiger partial charge < -0.3 is 15.5 Å². The van der Waals surface area contributed by atoms with Crippen molar-refractivity contribution in [3.63, 3.8) is 0 Å². The fourth-order valence-corrected chi connectivity index (χ4v) is 2.58. The number of hydrogen-bond acceptors (Lipinski definition) is 3. The van der Waals surface area contributed by atoms with Crippen molar-refractivity contribution in [1.29, 1.82) is 0 Å². The average molecular weight is 297 g/mol. The molecule has 2 N–H and O–H groups in total. The van der Waals surface area contributed by atoms with Crippen LogP contribution < -0.4 is 15.5 Å². The van der Waals surface area contributed by atoms with Gasteiger partial charge in [0, 0.05) is 55.2 Å². The van der Waals surface area contributed by atoms with Crippen molar-refractivity contribution < 1.29 is 9.00 Å². The summed E-state index contributed by atoms with van der Waals surface area (Å²) in [4.78, 5) is 13.7. The molecule has 0 saturated heterocycles. The van der Waals surface area contributed by atoms with Gasteiger partial charge in [0.1, 0.15) is 0 Å². The third-order valence-corrected chi connectivity index (χ3v) is 3.71. The third-order valence-electron chi connectivity index (χ3n) is 2.74. The lowest BCUT2D eigenvalue weighted by Gasteiger charge is -2.15. The molecular formula is C14H23N3O2S. The number of carbonyl (C=O) groups is 1. The van der Waals surface area contributed by atoms with Crippen LogP contribution in [0.25, 0.3) is 0 Å². The van der Waals surface area contributed by atoms with Gasteiger partial charge in [-0.05, 0) is 24.6 Å². The largest absolute Gasteiger partial charge is 0.378 e. The monoisotopic (exact) mass is 297 g/mol. The van der Waals surface area contributed by atoms with Gasteiger partial charge in [0.05, 0.1) is 0 Å². The lowest BCUT2D eigenvalue weighted by Crippen LogP contribution is -2.42. The molecule has 0 spiro atoms. The maximum Gasteiger partial charge on any atom is 0.315 e. The Balaban J connectivity index is 2.44. The molecule has 0 aliphatic rings. The molecule has 0 aliphatic carbocycles. The van der Waals surface area contributed by atoms with Crippen LogP contribution in [-0.4, -0.2) is 42.4 Å². The predicted molar refractivity (Wildman–Crippen MR) is 84.5 cm³/mol. The Labute approximate surface area is 123 Å². The molecule has 1 rings (SSSR count). The number of urea groups is 1. The Hall–Kier alpha value is -1.56. The number of nitrogens with one attached hydrogen (secondary N) is 2. The molecule has 0 bridgehead atoms. The van der Waals surface area contributed by atoms with Crippen molar-refractivity contribution in [3.8, 4) is 0 Å². The zero-order chi connectivity index (χ0) is 15.1. The van der Waals surface area contributed by atoms with E-state index in [4.69, 9.17) is 0 Å². The maximum atomic E-state index is 11.7. The zero-order valence-electron chi connectivity index (χ0n) is 12.5. The molecule has 2 amide bonds. The van der Waals surface area contributed by atoms with Crippen LogP contribution in [0.3, 0.4) is 0 Å². The molecule has 0 radical (unpaired) electrons. The highest BCUT2D eigenvalue weighted by molar-refractivity contribution is 7.84. The predicted octanol–water partition coefficient (Wildman–Crippen LogP) is 1.32. The van der Waals surface area contributed by atoms with E-state index in [1.54, 1.807) is 6.26 Å². The number of benzene rings is 1. The molecular weight excluding hydrogens is 274 g/mol. The van der Waals surface area contributed by atoms with Gasteiger partial charge in [0.2, 0.25) is 0 Å². The van der Waals surface area contributed by atoms with Gasteiger partial charge in [-0.3, -0.25) is 4.21 Å². The van der Waals surface area contributed by atoms with E-state index in [1.165, 1.54) is 0 Å². The Morgan fingerprint density at radius 1 is 1.40 bits per heavy atom. The molecule has 0 heterocycles. The number of hydrogen-bond donors (Lipinski definition) is 2. The van der Waals surface area contributed by atoms with Crippen LogP contribution >= 0.6 is 0 Å². The van der Waals surface area contributed by atoms with E-state index >= 15 is 0 Å². The summed E-state index contributed by atoms with van der Waals surface area (Å²) in [7, 11) is 3.05. The highest BCUT2D eigenvalue weighted by Crippen LogP contribution is 2.12.